The lowest BCUT2D eigenvalue weighted by molar-refractivity contribution is -0.127. The van der Waals surface area contributed by atoms with E-state index in [-0.39, 0.29) is 5.91 Å². The van der Waals surface area contributed by atoms with Crippen molar-refractivity contribution in [1.82, 2.24) is 15.5 Å². The molecule has 1 aliphatic heterocycles. The monoisotopic (exact) mass is 286 g/mol. The summed E-state index contributed by atoms with van der Waals surface area (Å²) >= 11 is 0. The Bertz CT molecular complexity index is 516. The topological polar surface area (TPSA) is 58.1 Å². The molecule has 0 radical (unpaired) electrons. The molecular weight excluding hydrogens is 264 g/mol. The minimum Gasteiger partial charge on any atom is -0.355 e. The summed E-state index contributed by atoms with van der Waals surface area (Å²) < 4.78 is 0. The lowest BCUT2D eigenvalue weighted by Crippen LogP contribution is -2.52. The van der Waals surface area contributed by atoms with Gasteiger partial charge in [0.1, 0.15) is 0 Å². The van der Waals surface area contributed by atoms with Crippen LogP contribution in [0.3, 0.4) is 0 Å². The van der Waals surface area contributed by atoms with Gasteiger partial charge < -0.3 is 10.2 Å². The molecule has 3 aliphatic rings. The summed E-state index contributed by atoms with van der Waals surface area (Å²) in [6, 6.07) is 4.20. The van der Waals surface area contributed by atoms with Gasteiger partial charge in [0.2, 0.25) is 5.91 Å². The second-order valence-corrected chi connectivity index (χ2v) is 6.73. The molecule has 0 unspecified atom stereocenters. The van der Waals surface area contributed by atoms with Crippen LogP contribution in [-0.4, -0.2) is 35.7 Å². The van der Waals surface area contributed by atoms with E-state index < -0.39 is 0 Å². The van der Waals surface area contributed by atoms with Crippen LogP contribution in [0, 0.1) is 11.8 Å². The first kappa shape index (κ1) is 13.0. The van der Waals surface area contributed by atoms with Crippen molar-refractivity contribution in [3.8, 4) is 0 Å². The first-order chi connectivity index (χ1) is 10.3. The summed E-state index contributed by atoms with van der Waals surface area (Å²) in [5, 5.41) is 11.7. The van der Waals surface area contributed by atoms with Gasteiger partial charge in [-0.2, -0.15) is 5.10 Å². The molecule has 21 heavy (non-hydrogen) atoms. The van der Waals surface area contributed by atoms with Crippen LogP contribution in [0.2, 0.25) is 0 Å². The van der Waals surface area contributed by atoms with Crippen LogP contribution in [-0.2, 0) is 4.79 Å². The molecule has 1 amide bonds. The summed E-state index contributed by atoms with van der Waals surface area (Å²) in [5.41, 5.74) is 1.14. The van der Waals surface area contributed by atoms with E-state index in [1.54, 1.807) is 0 Å². The minimum atomic E-state index is 0.258. The number of nitrogens with one attached hydrogen (secondary N) is 1. The fourth-order valence-electron chi connectivity index (χ4n) is 3.05. The average Bonchev–Trinajstić information content (AvgIpc) is 3.20. The maximum absolute atomic E-state index is 11.8. The van der Waals surface area contributed by atoms with Crippen molar-refractivity contribution in [2.45, 2.75) is 38.0 Å². The third kappa shape index (κ3) is 2.74. The highest BCUT2D eigenvalue weighted by molar-refractivity contribution is 5.79. The number of carbonyl (C=O) groups excluding carboxylic acids is 1. The molecule has 4 rings (SSSR count). The zero-order chi connectivity index (χ0) is 14.2. The zero-order valence-corrected chi connectivity index (χ0v) is 12.3. The zero-order valence-electron chi connectivity index (χ0n) is 12.3. The highest BCUT2D eigenvalue weighted by Gasteiger charge is 2.31. The highest BCUT2D eigenvalue weighted by atomic mass is 16.1. The van der Waals surface area contributed by atoms with Gasteiger partial charge in [0.05, 0.1) is 5.69 Å². The van der Waals surface area contributed by atoms with Gasteiger partial charge in [0.25, 0.3) is 0 Å². The van der Waals surface area contributed by atoms with Crippen molar-refractivity contribution in [2.75, 3.05) is 24.5 Å². The summed E-state index contributed by atoms with van der Waals surface area (Å²) in [6.07, 6.45) is 5.89. The number of amides is 1. The SMILES string of the molecule is O=C(NCC1CN(c2ccc(C3CC3)nn2)C1)C1CCC1. The van der Waals surface area contributed by atoms with E-state index in [0.29, 0.717) is 17.8 Å². The van der Waals surface area contributed by atoms with Gasteiger partial charge in [-0.3, -0.25) is 4.79 Å². The summed E-state index contributed by atoms with van der Waals surface area (Å²) in [6.45, 7) is 2.75. The highest BCUT2D eigenvalue weighted by Crippen LogP contribution is 2.39. The van der Waals surface area contributed by atoms with E-state index in [2.05, 4.69) is 32.5 Å². The number of anilines is 1. The molecule has 0 aromatic carbocycles. The molecule has 0 bridgehead atoms. The lowest BCUT2D eigenvalue weighted by Gasteiger charge is -2.40. The Kier molecular flexibility index (Phi) is 3.28. The first-order valence-electron chi connectivity index (χ1n) is 8.16. The molecule has 5 heteroatoms. The number of rotatable bonds is 5. The van der Waals surface area contributed by atoms with Gasteiger partial charge in [-0.25, -0.2) is 0 Å². The molecule has 2 heterocycles. The van der Waals surface area contributed by atoms with E-state index in [0.717, 1.165) is 44.0 Å². The molecule has 2 aliphatic carbocycles. The standard InChI is InChI=1S/C16H22N4O/c21-16(13-2-1-3-13)17-8-11-9-20(10-11)15-7-6-14(18-19-15)12-4-5-12/h6-7,11-13H,1-5,8-10H2,(H,17,21). The van der Waals surface area contributed by atoms with E-state index >= 15 is 0 Å². The minimum absolute atomic E-state index is 0.258. The Morgan fingerprint density at radius 3 is 2.57 bits per heavy atom. The molecular formula is C16H22N4O. The lowest BCUT2D eigenvalue weighted by atomic mass is 9.84. The Labute approximate surface area is 125 Å². The maximum atomic E-state index is 11.8. The van der Waals surface area contributed by atoms with Crippen molar-refractivity contribution in [1.29, 1.82) is 0 Å². The molecule has 3 fully saturated rings. The smallest absolute Gasteiger partial charge is 0.223 e. The number of hydrogen-bond acceptors (Lipinski definition) is 4. The van der Waals surface area contributed by atoms with E-state index in [9.17, 15) is 4.79 Å². The Hall–Kier alpha value is -1.65. The predicted molar refractivity (Wildman–Crippen MR) is 80.1 cm³/mol. The van der Waals surface area contributed by atoms with E-state index in [1.807, 2.05) is 0 Å². The summed E-state index contributed by atoms with van der Waals surface area (Å²) in [5.74, 6) is 2.74. The van der Waals surface area contributed by atoms with Gasteiger partial charge in [-0.05, 0) is 37.8 Å². The number of aromatic nitrogens is 2. The van der Waals surface area contributed by atoms with Crippen LogP contribution in [0.25, 0.3) is 0 Å². The molecule has 112 valence electrons. The second-order valence-electron chi connectivity index (χ2n) is 6.73. The third-order valence-electron chi connectivity index (χ3n) is 4.99. The van der Waals surface area contributed by atoms with Gasteiger partial charge in [0, 0.05) is 37.4 Å². The van der Waals surface area contributed by atoms with Gasteiger partial charge in [-0.15, -0.1) is 5.10 Å². The maximum Gasteiger partial charge on any atom is 0.223 e. The quantitative estimate of drug-likeness (QED) is 0.895. The fourth-order valence-corrected chi connectivity index (χ4v) is 3.05. The number of nitrogens with zero attached hydrogens (tertiary/aromatic N) is 3. The normalized spacial score (nSPS) is 22.6. The van der Waals surface area contributed by atoms with Crippen molar-refractivity contribution < 1.29 is 4.79 Å². The van der Waals surface area contributed by atoms with Crippen LogP contribution in [0.4, 0.5) is 5.82 Å². The van der Waals surface area contributed by atoms with Crippen LogP contribution >= 0.6 is 0 Å². The molecule has 1 N–H and O–H groups in total. The molecule has 1 aromatic rings. The summed E-state index contributed by atoms with van der Waals surface area (Å²) in [7, 11) is 0. The molecule has 0 atom stereocenters. The molecule has 0 spiro atoms. The van der Waals surface area contributed by atoms with E-state index in [4.69, 9.17) is 0 Å². The van der Waals surface area contributed by atoms with Crippen molar-refractivity contribution in [3.05, 3.63) is 17.8 Å². The van der Waals surface area contributed by atoms with Gasteiger partial charge in [0.15, 0.2) is 5.82 Å². The van der Waals surface area contributed by atoms with Crippen molar-refractivity contribution in [2.24, 2.45) is 11.8 Å². The van der Waals surface area contributed by atoms with Crippen molar-refractivity contribution in [3.63, 3.8) is 0 Å². The molecule has 2 saturated carbocycles. The van der Waals surface area contributed by atoms with Gasteiger partial charge >= 0.3 is 0 Å². The predicted octanol–water partition coefficient (Wildman–Crippen LogP) is 1.71. The number of carbonyl (C=O) groups is 1. The number of hydrogen-bond donors (Lipinski definition) is 1. The first-order valence-corrected chi connectivity index (χ1v) is 8.16. The van der Waals surface area contributed by atoms with Crippen LogP contribution in [0.5, 0.6) is 0 Å². The second kappa shape index (κ2) is 5.28. The average molecular weight is 286 g/mol. The molecule has 1 saturated heterocycles. The van der Waals surface area contributed by atoms with Crippen LogP contribution in [0.1, 0.15) is 43.7 Å². The molecule has 5 nitrogen and oxygen atoms in total. The van der Waals surface area contributed by atoms with Crippen LogP contribution < -0.4 is 10.2 Å². The molecule has 1 aromatic heterocycles. The van der Waals surface area contributed by atoms with E-state index in [1.165, 1.54) is 19.3 Å². The Balaban J connectivity index is 1.22. The Morgan fingerprint density at radius 2 is 2.00 bits per heavy atom. The fraction of sp³-hybridized carbons (Fsp3) is 0.688. The van der Waals surface area contributed by atoms with Gasteiger partial charge in [-0.1, -0.05) is 6.42 Å². The largest absolute Gasteiger partial charge is 0.355 e. The third-order valence-corrected chi connectivity index (χ3v) is 4.99. The Morgan fingerprint density at radius 1 is 1.19 bits per heavy atom. The summed E-state index contributed by atoms with van der Waals surface area (Å²) in [4.78, 5) is 14.0. The van der Waals surface area contributed by atoms with Crippen molar-refractivity contribution >= 4 is 11.7 Å². The van der Waals surface area contributed by atoms with Crippen LogP contribution in [0.15, 0.2) is 12.1 Å².